The molecule has 1 amide bonds. The minimum atomic E-state index is -0.300. The molecule has 1 aliphatic heterocycles. The first-order valence-corrected chi connectivity index (χ1v) is 13.2. The highest BCUT2D eigenvalue weighted by atomic mass is 35.5. The molecule has 11 nitrogen and oxygen atoms in total. The zero-order chi connectivity index (χ0) is 27.9. The summed E-state index contributed by atoms with van der Waals surface area (Å²) < 4.78 is 1.66. The average Bonchev–Trinajstić information content (AvgIpc) is 3.51. The Morgan fingerprint density at radius 2 is 1.92 bits per heavy atom. The van der Waals surface area contributed by atoms with E-state index >= 15 is 0 Å². The van der Waals surface area contributed by atoms with Gasteiger partial charge in [-0.05, 0) is 38.7 Å². The number of halogens is 1. The van der Waals surface area contributed by atoms with Gasteiger partial charge in [0.2, 0.25) is 5.95 Å². The van der Waals surface area contributed by atoms with Crippen molar-refractivity contribution >= 4 is 51.8 Å². The van der Waals surface area contributed by atoms with Gasteiger partial charge in [-0.15, -0.1) is 0 Å². The summed E-state index contributed by atoms with van der Waals surface area (Å²) in [5.74, 6) is 1.44. The van der Waals surface area contributed by atoms with Gasteiger partial charge in [-0.1, -0.05) is 32.4 Å². The van der Waals surface area contributed by atoms with Crippen LogP contribution in [0, 0.1) is 0 Å². The lowest BCUT2D eigenvalue weighted by atomic mass is 9.92. The van der Waals surface area contributed by atoms with Crippen LogP contribution in [-0.2, 0) is 12.5 Å². The van der Waals surface area contributed by atoms with Crippen LogP contribution >= 0.6 is 11.6 Å². The molecule has 39 heavy (non-hydrogen) atoms. The maximum Gasteiger partial charge on any atom is 0.256 e. The van der Waals surface area contributed by atoms with Crippen molar-refractivity contribution in [2.75, 3.05) is 42.7 Å². The second-order valence-electron chi connectivity index (χ2n) is 11.1. The Balaban J connectivity index is 1.40. The molecule has 1 fully saturated rings. The number of nitrogens with zero attached hydrogens (tertiary/aromatic N) is 8. The van der Waals surface area contributed by atoms with Crippen LogP contribution in [0.25, 0.3) is 11.0 Å². The highest BCUT2D eigenvalue weighted by molar-refractivity contribution is 6.31. The molecule has 1 aromatic carbocycles. The van der Waals surface area contributed by atoms with E-state index in [4.69, 9.17) is 16.6 Å². The van der Waals surface area contributed by atoms with E-state index < -0.39 is 0 Å². The van der Waals surface area contributed by atoms with E-state index in [1.165, 1.54) is 6.33 Å². The van der Waals surface area contributed by atoms with Gasteiger partial charge in [0.15, 0.2) is 5.82 Å². The lowest BCUT2D eigenvalue weighted by Gasteiger charge is -2.20. The van der Waals surface area contributed by atoms with Crippen LogP contribution in [0.2, 0.25) is 5.02 Å². The van der Waals surface area contributed by atoms with E-state index in [9.17, 15) is 4.79 Å². The summed E-state index contributed by atoms with van der Waals surface area (Å²) in [6.07, 6.45) is 4.22. The molecule has 0 saturated carbocycles. The van der Waals surface area contributed by atoms with Crippen LogP contribution in [0.3, 0.4) is 0 Å². The molecule has 204 valence electrons. The predicted molar refractivity (Wildman–Crippen MR) is 154 cm³/mol. The van der Waals surface area contributed by atoms with Crippen LogP contribution in [0.4, 0.5) is 23.3 Å². The number of benzene rings is 1. The van der Waals surface area contributed by atoms with Crippen molar-refractivity contribution in [2.24, 2.45) is 7.05 Å². The molecule has 0 spiro atoms. The summed E-state index contributed by atoms with van der Waals surface area (Å²) in [7, 11) is 5.98. The predicted octanol–water partition coefficient (Wildman–Crippen LogP) is 4.24. The third-order valence-electron chi connectivity index (χ3n) is 6.85. The number of aromatic nitrogens is 6. The fourth-order valence-corrected chi connectivity index (χ4v) is 4.74. The maximum absolute atomic E-state index is 13.2. The Hall–Kier alpha value is -3.83. The first-order valence-electron chi connectivity index (χ1n) is 12.8. The molecule has 3 aromatic heterocycles. The van der Waals surface area contributed by atoms with E-state index in [1.807, 2.05) is 6.07 Å². The molecule has 0 bridgehead atoms. The number of aryl methyl sites for hydroxylation is 1. The first-order chi connectivity index (χ1) is 18.5. The summed E-state index contributed by atoms with van der Waals surface area (Å²) in [5.41, 5.74) is 2.94. The number of nitrogens with one attached hydrogen (secondary N) is 2. The van der Waals surface area contributed by atoms with Gasteiger partial charge in [-0.3, -0.25) is 9.48 Å². The Morgan fingerprint density at radius 3 is 2.62 bits per heavy atom. The van der Waals surface area contributed by atoms with Crippen molar-refractivity contribution < 1.29 is 4.79 Å². The number of amides is 1. The van der Waals surface area contributed by atoms with Crippen molar-refractivity contribution in [3.05, 3.63) is 53.1 Å². The number of carbonyl (C=O) groups excluding carboxylic acids is 1. The number of rotatable bonds is 6. The molecular weight excluding hydrogens is 516 g/mol. The van der Waals surface area contributed by atoms with Gasteiger partial charge >= 0.3 is 0 Å². The zero-order valence-electron chi connectivity index (χ0n) is 23.0. The average molecular weight is 549 g/mol. The minimum absolute atomic E-state index is 0.138. The number of anilines is 4. The molecule has 1 atom stereocenters. The van der Waals surface area contributed by atoms with Gasteiger partial charge in [-0.2, -0.15) is 5.10 Å². The monoisotopic (exact) mass is 548 g/mol. The van der Waals surface area contributed by atoms with Crippen LogP contribution < -0.4 is 15.5 Å². The van der Waals surface area contributed by atoms with Gasteiger partial charge in [0.25, 0.3) is 5.91 Å². The SMILES string of the molecule is CN(C)C1CCN(c2ncc3ncnc(Nc4cc(Cl)cc(C(=O)Nc5cc(C(C)(C)C)nn5C)c4)c3n2)C1. The van der Waals surface area contributed by atoms with Crippen LogP contribution in [-0.4, -0.2) is 73.8 Å². The molecule has 5 rings (SSSR count). The summed E-state index contributed by atoms with van der Waals surface area (Å²) >= 11 is 6.42. The fourth-order valence-electron chi connectivity index (χ4n) is 4.50. The van der Waals surface area contributed by atoms with E-state index in [0.717, 1.165) is 25.2 Å². The van der Waals surface area contributed by atoms with E-state index in [-0.39, 0.29) is 11.3 Å². The highest BCUT2D eigenvalue weighted by Gasteiger charge is 2.26. The number of carbonyl (C=O) groups is 1. The van der Waals surface area contributed by atoms with E-state index in [0.29, 0.717) is 50.9 Å². The Bertz CT molecular complexity index is 1530. The topological polar surface area (TPSA) is 117 Å². The number of hydrogen-bond donors (Lipinski definition) is 2. The second kappa shape index (κ2) is 10.4. The molecule has 2 N–H and O–H groups in total. The number of likely N-dealkylation sites (N-methyl/N-ethyl adjacent to an activating group) is 1. The third-order valence-corrected chi connectivity index (χ3v) is 7.07. The van der Waals surface area contributed by atoms with Crippen LogP contribution in [0.1, 0.15) is 43.2 Å². The maximum atomic E-state index is 13.2. The Labute approximate surface area is 232 Å². The molecular formula is C27H33ClN10O. The lowest BCUT2D eigenvalue weighted by Crippen LogP contribution is -2.32. The Morgan fingerprint density at radius 1 is 1.13 bits per heavy atom. The molecule has 4 heterocycles. The molecule has 0 radical (unpaired) electrons. The van der Waals surface area contributed by atoms with Gasteiger partial charge in [0.1, 0.15) is 23.2 Å². The first kappa shape index (κ1) is 26.8. The van der Waals surface area contributed by atoms with E-state index in [2.05, 4.69) is 75.4 Å². The molecule has 1 aliphatic rings. The van der Waals surface area contributed by atoms with Crippen molar-refractivity contribution in [2.45, 2.75) is 38.6 Å². The fraction of sp³-hybridized carbons (Fsp3) is 0.407. The summed E-state index contributed by atoms with van der Waals surface area (Å²) in [5, 5.41) is 11.2. The van der Waals surface area contributed by atoms with Crippen molar-refractivity contribution in [3.8, 4) is 0 Å². The largest absolute Gasteiger partial charge is 0.339 e. The van der Waals surface area contributed by atoms with Crippen molar-refractivity contribution in [3.63, 3.8) is 0 Å². The summed E-state index contributed by atoms with van der Waals surface area (Å²) in [4.78, 5) is 35.7. The zero-order valence-corrected chi connectivity index (χ0v) is 23.8. The van der Waals surface area contributed by atoms with Crippen LogP contribution in [0.5, 0.6) is 0 Å². The molecule has 0 aliphatic carbocycles. The molecule has 1 saturated heterocycles. The smallest absolute Gasteiger partial charge is 0.256 e. The number of fused-ring (bicyclic) bond motifs is 1. The quantitative estimate of drug-likeness (QED) is 0.365. The molecule has 12 heteroatoms. The summed E-state index contributed by atoms with van der Waals surface area (Å²) in [6, 6.07) is 7.42. The van der Waals surface area contributed by atoms with Gasteiger partial charge in [0.05, 0.1) is 11.9 Å². The van der Waals surface area contributed by atoms with Gasteiger partial charge in [0, 0.05) is 53.9 Å². The van der Waals surface area contributed by atoms with Crippen molar-refractivity contribution in [1.82, 2.24) is 34.6 Å². The standard InChI is InChI=1S/C27H33ClN10O/c1-27(2,3)21-12-22(37(6)35-21)33-25(39)16-9-17(28)11-18(10-16)32-24-23-20(30-15-31-24)13-29-26(34-23)38-8-7-19(14-38)36(4)5/h9-13,15,19H,7-8,14H2,1-6H3,(H,33,39)(H,30,31,32). The molecule has 1 unspecified atom stereocenters. The summed E-state index contributed by atoms with van der Waals surface area (Å²) in [6.45, 7) is 7.96. The minimum Gasteiger partial charge on any atom is -0.339 e. The van der Waals surface area contributed by atoms with Crippen LogP contribution in [0.15, 0.2) is 36.8 Å². The number of hydrogen-bond acceptors (Lipinski definition) is 9. The van der Waals surface area contributed by atoms with Gasteiger partial charge < -0.3 is 20.4 Å². The highest BCUT2D eigenvalue weighted by Crippen LogP contribution is 2.28. The van der Waals surface area contributed by atoms with Crippen molar-refractivity contribution in [1.29, 1.82) is 0 Å². The van der Waals surface area contributed by atoms with Gasteiger partial charge in [-0.25, -0.2) is 19.9 Å². The Kier molecular flexibility index (Phi) is 7.13. The lowest BCUT2D eigenvalue weighted by molar-refractivity contribution is 0.102. The van der Waals surface area contributed by atoms with E-state index in [1.54, 1.807) is 36.1 Å². The second-order valence-corrected chi connectivity index (χ2v) is 11.5. The third kappa shape index (κ3) is 5.79. The molecule has 4 aromatic rings. The normalized spacial score (nSPS) is 15.8.